The van der Waals surface area contributed by atoms with Crippen LogP contribution in [0.15, 0.2) is 52.3 Å². The van der Waals surface area contributed by atoms with Crippen molar-refractivity contribution >= 4 is 20.0 Å². The Morgan fingerprint density at radius 1 is 0.968 bits per heavy atom. The third kappa shape index (κ3) is 5.73. The Morgan fingerprint density at radius 3 is 2.23 bits per heavy atom. The lowest BCUT2D eigenvalue weighted by Crippen LogP contribution is -2.35. The molecule has 0 bridgehead atoms. The van der Waals surface area contributed by atoms with E-state index in [1.54, 1.807) is 0 Å². The van der Waals surface area contributed by atoms with Gasteiger partial charge < -0.3 is 9.47 Å². The Morgan fingerprint density at radius 2 is 1.61 bits per heavy atom. The third-order valence-corrected chi connectivity index (χ3v) is 8.24. The molecule has 0 aliphatic carbocycles. The molecule has 0 radical (unpaired) electrons. The predicted octanol–water partition coefficient (Wildman–Crippen LogP) is 2.37. The van der Waals surface area contributed by atoms with Gasteiger partial charge in [0.2, 0.25) is 20.0 Å². The Labute approximate surface area is 182 Å². The third-order valence-electron chi connectivity index (χ3n) is 4.87. The first-order valence-electron chi connectivity index (χ1n) is 9.80. The molecule has 1 heterocycles. The standard InChI is InChI=1S/C20H25FN2O6S2/c1-28-20-10-9-18(15-19(20)21)30(24,25)22-11-14-29-16-5-7-17(8-6-16)31(26,27)23-12-3-2-4-13-23/h5-10,15,22H,2-4,11-14H2,1H3. The first kappa shape index (κ1) is 23.5. The minimum absolute atomic E-state index is 0.0100. The molecule has 8 nitrogen and oxygen atoms in total. The maximum absolute atomic E-state index is 13.7. The molecule has 0 amide bonds. The topological polar surface area (TPSA) is 102 Å². The van der Waals surface area contributed by atoms with Gasteiger partial charge >= 0.3 is 0 Å². The second-order valence-corrected chi connectivity index (χ2v) is 10.7. The van der Waals surface area contributed by atoms with Crippen molar-refractivity contribution in [3.05, 3.63) is 48.3 Å². The molecule has 1 fully saturated rings. The Balaban J connectivity index is 1.53. The highest BCUT2D eigenvalue weighted by Gasteiger charge is 2.25. The van der Waals surface area contributed by atoms with Gasteiger partial charge in [-0.2, -0.15) is 4.31 Å². The van der Waals surface area contributed by atoms with Crippen LogP contribution in [-0.2, 0) is 20.0 Å². The van der Waals surface area contributed by atoms with E-state index in [0.717, 1.165) is 25.3 Å². The second-order valence-electron chi connectivity index (χ2n) is 6.98. The Bertz CT molecular complexity index is 1100. The zero-order valence-corrected chi connectivity index (χ0v) is 18.7. The molecule has 0 unspecified atom stereocenters. The van der Waals surface area contributed by atoms with E-state index < -0.39 is 25.9 Å². The van der Waals surface area contributed by atoms with Gasteiger partial charge in [0.05, 0.1) is 16.9 Å². The summed E-state index contributed by atoms with van der Waals surface area (Å²) in [6.07, 6.45) is 2.76. The van der Waals surface area contributed by atoms with Crippen LogP contribution in [-0.4, -0.2) is 54.5 Å². The fraction of sp³-hybridized carbons (Fsp3) is 0.400. The lowest BCUT2D eigenvalue weighted by atomic mass is 10.2. The quantitative estimate of drug-likeness (QED) is 0.562. The highest BCUT2D eigenvalue weighted by Crippen LogP contribution is 2.23. The van der Waals surface area contributed by atoms with Crippen LogP contribution < -0.4 is 14.2 Å². The molecule has 3 rings (SSSR count). The number of hydrogen-bond acceptors (Lipinski definition) is 6. The molecule has 31 heavy (non-hydrogen) atoms. The van der Waals surface area contributed by atoms with E-state index in [0.29, 0.717) is 18.8 Å². The molecule has 1 aliphatic rings. The van der Waals surface area contributed by atoms with Gasteiger partial charge in [-0.1, -0.05) is 6.42 Å². The van der Waals surface area contributed by atoms with E-state index in [1.165, 1.54) is 47.8 Å². The molecule has 0 atom stereocenters. The number of nitrogens with zero attached hydrogens (tertiary/aromatic N) is 1. The van der Waals surface area contributed by atoms with Crippen molar-refractivity contribution in [3.63, 3.8) is 0 Å². The maximum atomic E-state index is 13.7. The summed E-state index contributed by atoms with van der Waals surface area (Å²) in [7, 11) is -6.14. The van der Waals surface area contributed by atoms with Crippen molar-refractivity contribution < 1.29 is 30.7 Å². The fourth-order valence-electron chi connectivity index (χ4n) is 3.20. The van der Waals surface area contributed by atoms with E-state index in [2.05, 4.69) is 4.72 Å². The van der Waals surface area contributed by atoms with E-state index >= 15 is 0 Å². The first-order chi connectivity index (χ1) is 14.7. The first-order valence-corrected chi connectivity index (χ1v) is 12.7. The summed E-state index contributed by atoms with van der Waals surface area (Å²) in [5.74, 6) is -0.415. The van der Waals surface area contributed by atoms with E-state index in [-0.39, 0.29) is 28.7 Å². The highest BCUT2D eigenvalue weighted by molar-refractivity contribution is 7.89. The van der Waals surface area contributed by atoms with E-state index in [1.807, 2.05) is 0 Å². The fourth-order valence-corrected chi connectivity index (χ4v) is 5.75. The van der Waals surface area contributed by atoms with Crippen LogP contribution >= 0.6 is 0 Å². The molecule has 11 heteroatoms. The van der Waals surface area contributed by atoms with Crippen LogP contribution in [0.2, 0.25) is 0 Å². The van der Waals surface area contributed by atoms with Crippen molar-refractivity contribution in [2.24, 2.45) is 0 Å². The summed E-state index contributed by atoms with van der Waals surface area (Å²) in [5, 5.41) is 0. The summed E-state index contributed by atoms with van der Waals surface area (Å²) in [5.41, 5.74) is 0. The normalized spacial score (nSPS) is 15.5. The van der Waals surface area contributed by atoms with Gasteiger partial charge in [0.25, 0.3) is 0 Å². The SMILES string of the molecule is COc1ccc(S(=O)(=O)NCCOc2ccc(S(=O)(=O)N3CCCCC3)cc2)cc1F. The zero-order chi connectivity index (χ0) is 22.5. The minimum Gasteiger partial charge on any atom is -0.494 e. The van der Waals surface area contributed by atoms with Gasteiger partial charge in [-0.15, -0.1) is 0 Å². The lowest BCUT2D eigenvalue weighted by Gasteiger charge is -2.25. The number of halogens is 1. The molecule has 1 aliphatic heterocycles. The van der Waals surface area contributed by atoms with Crippen LogP contribution in [0, 0.1) is 5.82 Å². The number of rotatable bonds is 9. The largest absolute Gasteiger partial charge is 0.494 e. The molecule has 2 aromatic carbocycles. The van der Waals surface area contributed by atoms with Crippen molar-refractivity contribution in [3.8, 4) is 11.5 Å². The Hall–Kier alpha value is -2.21. The monoisotopic (exact) mass is 472 g/mol. The van der Waals surface area contributed by atoms with Crippen LogP contribution in [0.5, 0.6) is 11.5 Å². The molecule has 0 aromatic heterocycles. The van der Waals surface area contributed by atoms with Gasteiger partial charge in [0.15, 0.2) is 11.6 Å². The van der Waals surface area contributed by atoms with Crippen molar-refractivity contribution in [1.29, 1.82) is 0 Å². The number of benzene rings is 2. The van der Waals surface area contributed by atoms with Crippen LogP contribution in [0.3, 0.4) is 0 Å². The average molecular weight is 473 g/mol. The van der Waals surface area contributed by atoms with Crippen LogP contribution in [0.1, 0.15) is 19.3 Å². The molecule has 0 saturated carbocycles. The van der Waals surface area contributed by atoms with Crippen molar-refractivity contribution in [1.82, 2.24) is 9.03 Å². The number of piperidine rings is 1. The van der Waals surface area contributed by atoms with E-state index in [4.69, 9.17) is 9.47 Å². The smallest absolute Gasteiger partial charge is 0.243 e. The summed E-state index contributed by atoms with van der Waals surface area (Å²) >= 11 is 0. The zero-order valence-electron chi connectivity index (χ0n) is 17.1. The minimum atomic E-state index is -3.91. The lowest BCUT2D eigenvalue weighted by molar-refractivity contribution is 0.322. The summed E-state index contributed by atoms with van der Waals surface area (Å²) in [4.78, 5) is -0.0259. The Kier molecular flexibility index (Phi) is 7.52. The van der Waals surface area contributed by atoms with Crippen LogP contribution in [0.4, 0.5) is 4.39 Å². The van der Waals surface area contributed by atoms with Gasteiger partial charge in [-0.3, -0.25) is 0 Å². The summed E-state index contributed by atoms with van der Waals surface area (Å²) < 4.78 is 77.6. The van der Waals surface area contributed by atoms with Gasteiger partial charge in [0.1, 0.15) is 12.4 Å². The van der Waals surface area contributed by atoms with Crippen LogP contribution in [0.25, 0.3) is 0 Å². The van der Waals surface area contributed by atoms with Gasteiger partial charge in [0, 0.05) is 19.6 Å². The summed E-state index contributed by atoms with van der Waals surface area (Å²) in [6.45, 7) is 1.01. The number of ether oxygens (including phenoxy) is 2. The van der Waals surface area contributed by atoms with E-state index in [9.17, 15) is 21.2 Å². The highest BCUT2D eigenvalue weighted by atomic mass is 32.2. The molecular formula is C20H25FN2O6S2. The summed E-state index contributed by atoms with van der Waals surface area (Å²) in [6, 6.07) is 9.37. The van der Waals surface area contributed by atoms with Gasteiger partial charge in [-0.25, -0.2) is 25.9 Å². The molecule has 1 N–H and O–H groups in total. The number of nitrogens with one attached hydrogen (secondary N) is 1. The second kappa shape index (κ2) is 9.94. The molecule has 0 spiro atoms. The average Bonchev–Trinajstić information content (AvgIpc) is 2.77. The van der Waals surface area contributed by atoms with Crippen molar-refractivity contribution in [2.45, 2.75) is 29.1 Å². The molecule has 1 saturated heterocycles. The maximum Gasteiger partial charge on any atom is 0.243 e. The van der Waals surface area contributed by atoms with Crippen molar-refractivity contribution in [2.75, 3.05) is 33.4 Å². The number of hydrogen-bond donors (Lipinski definition) is 1. The molecule has 170 valence electrons. The molecule has 2 aromatic rings. The predicted molar refractivity (Wildman–Crippen MR) is 113 cm³/mol. The molecular weight excluding hydrogens is 447 g/mol. The number of sulfonamides is 2. The van der Waals surface area contributed by atoms with Gasteiger partial charge in [-0.05, 0) is 55.3 Å². The number of methoxy groups -OCH3 is 1.